The summed E-state index contributed by atoms with van der Waals surface area (Å²) in [4.78, 5) is 2.01. The topological polar surface area (TPSA) is 12.5 Å². The molecule has 1 aliphatic rings. The van der Waals surface area contributed by atoms with Crippen molar-refractivity contribution >= 4 is 0 Å². The molecule has 0 bridgehead atoms. The molecule has 0 N–H and O–H groups in total. The lowest BCUT2D eigenvalue weighted by Gasteiger charge is -2.16. The maximum atomic E-state index is 4.81. The predicted octanol–water partition coefficient (Wildman–Crippen LogP) is 2.26. The van der Waals surface area contributed by atoms with E-state index in [9.17, 15) is 0 Å². The van der Waals surface area contributed by atoms with E-state index in [4.69, 9.17) is 4.74 Å². The van der Waals surface area contributed by atoms with Gasteiger partial charge in [-0.25, -0.2) is 0 Å². The Bertz CT molecular complexity index is 304. The van der Waals surface area contributed by atoms with Crippen LogP contribution in [0, 0.1) is 6.26 Å². The van der Waals surface area contributed by atoms with E-state index in [1.807, 2.05) is 29.3 Å². The van der Waals surface area contributed by atoms with E-state index in [0.717, 1.165) is 6.54 Å². The van der Waals surface area contributed by atoms with Crippen LogP contribution >= 0.6 is 0 Å². The Labute approximate surface area is 77.7 Å². The maximum Gasteiger partial charge on any atom is 0.186 e. The zero-order chi connectivity index (χ0) is 8.93. The lowest BCUT2D eigenvalue weighted by Crippen LogP contribution is -2.11. The summed E-state index contributed by atoms with van der Waals surface area (Å²) >= 11 is 0. The Morgan fingerprint density at radius 1 is 1.23 bits per heavy atom. The molecule has 1 aliphatic heterocycles. The minimum absolute atomic E-state index is 0.855. The van der Waals surface area contributed by atoms with Crippen LogP contribution in [0.1, 0.15) is 5.56 Å². The quantitative estimate of drug-likeness (QED) is 0.678. The standard InChI is InChI=1S/C11H10NO/c1-2-4-11(5-3-1)10-12-6-8-13-9-7-12/h1-8H,10H2. The average molecular weight is 172 g/mol. The van der Waals surface area contributed by atoms with Crippen molar-refractivity contribution in [1.82, 2.24) is 4.90 Å². The van der Waals surface area contributed by atoms with Gasteiger partial charge in [-0.2, -0.15) is 0 Å². The molecule has 0 fully saturated rings. The number of nitrogens with zero attached hydrogens (tertiary/aromatic N) is 1. The summed E-state index contributed by atoms with van der Waals surface area (Å²) in [5.74, 6) is 0. The van der Waals surface area contributed by atoms with Crippen LogP contribution in [0.2, 0.25) is 0 Å². The second kappa shape index (κ2) is 3.81. The van der Waals surface area contributed by atoms with Gasteiger partial charge in [-0.1, -0.05) is 30.3 Å². The third-order valence-electron chi connectivity index (χ3n) is 1.81. The van der Waals surface area contributed by atoms with Crippen molar-refractivity contribution in [3.8, 4) is 0 Å². The Balaban J connectivity index is 2.02. The van der Waals surface area contributed by atoms with Gasteiger partial charge < -0.3 is 9.64 Å². The third-order valence-corrected chi connectivity index (χ3v) is 1.81. The zero-order valence-electron chi connectivity index (χ0n) is 7.18. The normalized spacial score (nSPS) is 14.3. The highest BCUT2D eigenvalue weighted by Crippen LogP contribution is 2.07. The Morgan fingerprint density at radius 2 is 2.08 bits per heavy atom. The number of ether oxygens (including phenoxy) is 1. The first-order valence-corrected chi connectivity index (χ1v) is 4.16. The van der Waals surface area contributed by atoms with Gasteiger partial charge in [0, 0.05) is 12.7 Å². The largest absolute Gasteiger partial charge is 0.458 e. The van der Waals surface area contributed by atoms with Crippen LogP contribution in [0.15, 0.2) is 49.0 Å². The molecule has 1 radical (unpaired) electrons. The summed E-state index contributed by atoms with van der Waals surface area (Å²) in [7, 11) is 0. The number of hydrogen-bond acceptors (Lipinski definition) is 2. The molecule has 0 aromatic heterocycles. The molecule has 1 heterocycles. The van der Waals surface area contributed by atoms with E-state index >= 15 is 0 Å². The molecule has 0 spiro atoms. The minimum atomic E-state index is 0.855. The number of hydrogen-bond donors (Lipinski definition) is 0. The van der Waals surface area contributed by atoms with E-state index in [1.165, 1.54) is 5.56 Å². The molecular formula is C11H10NO. The molecule has 1 aromatic rings. The van der Waals surface area contributed by atoms with E-state index in [1.54, 1.807) is 12.5 Å². The van der Waals surface area contributed by atoms with Crippen molar-refractivity contribution in [3.63, 3.8) is 0 Å². The second-order valence-corrected chi connectivity index (χ2v) is 2.81. The van der Waals surface area contributed by atoms with Gasteiger partial charge in [-0.3, -0.25) is 0 Å². The Morgan fingerprint density at radius 3 is 2.77 bits per heavy atom. The van der Waals surface area contributed by atoms with Crippen molar-refractivity contribution in [1.29, 1.82) is 0 Å². The summed E-state index contributed by atoms with van der Waals surface area (Å²) < 4.78 is 4.81. The smallest absolute Gasteiger partial charge is 0.186 e. The highest BCUT2D eigenvalue weighted by Gasteiger charge is 1.99. The Hall–Kier alpha value is -1.70. The highest BCUT2D eigenvalue weighted by atomic mass is 16.5. The fraction of sp³-hybridized carbons (Fsp3) is 0.0909. The molecule has 0 unspecified atom stereocenters. The average Bonchev–Trinajstić information content (AvgIpc) is 2.21. The van der Waals surface area contributed by atoms with Gasteiger partial charge >= 0.3 is 0 Å². The van der Waals surface area contributed by atoms with Crippen LogP contribution in [-0.2, 0) is 11.3 Å². The number of benzene rings is 1. The molecule has 2 rings (SSSR count). The van der Waals surface area contributed by atoms with Crippen LogP contribution in [0.25, 0.3) is 0 Å². The van der Waals surface area contributed by atoms with Gasteiger partial charge in [0.15, 0.2) is 6.26 Å². The van der Waals surface area contributed by atoms with Gasteiger partial charge in [-0.15, -0.1) is 0 Å². The third kappa shape index (κ3) is 2.12. The molecule has 0 aliphatic carbocycles. The van der Waals surface area contributed by atoms with Crippen LogP contribution in [-0.4, -0.2) is 4.90 Å². The molecule has 2 heteroatoms. The van der Waals surface area contributed by atoms with Crippen molar-refractivity contribution in [2.24, 2.45) is 0 Å². The SMILES string of the molecule is [C]1=CN(Cc2ccccc2)C=CO1. The molecule has 2 nitrogen and oxygen atoms in total. The van der Waals surface area contributed by atoms with Crippen LogP contribution < -0.4 is 0 Å². The first kappa shape index (κ1) is 7.92. The molecule has 65 valence electrons. The summed E-state index contributed by atoms with van der Waals surface area (Å²) in [6.07, 6.45) is 7.95. The lowest BCUT2D eigenvalue weighted by molar-refractivity contribution is 0.319. The Kier molecular flexibility index (Phi) is 2.32. The molecular weight excluding hydrogens is 162 g/mol. The summed E-state index contributed by atoms with van der Waals surface area (Å²) in [5, 5.41) is 0. The maximum absolute atomic E-state index is 4.81. The molecule has 1 aromatic carbocycles. The lowest BCUT2D eigenvalue weighted by atomic mass is 10.2. The first-order valence-electron chi connectivity index (χ1n) is 4.16. The van der Waals surface area contributed by atoms with E-state index < -0.39 is 0 Å². The van der Waals surface area contributed by atoms with Gasteiger partial charge in [0.05, 0.1) is 6.20 Å². The van der Waals surface area contributed by atoms with Crippen LogP contribution in [0.3, 0.4) is 0 Å². The monoisotopic (exact) mass is 172 g/mol. The number of rotatable bonds is 2. The summed E-state index contributed by atoms with van der Waals surface area (Å²) in [5.41, 5.74) is 1.27. The highest BCUT2D eigenvalue weighted by molar-refractivity contribution is 5.15. The van der Waals surface area contributed by atoms with Crippen molar-refractivity contribution < 1.29 is 4.74 Å². The second-order valence-electron chi connectivity index (χ2n) is 2.81. The van der Waals surface area contributed by atoms with E-state index in [-0.39, 0.29) is 0 Å². The minimum Gasteiger partial charge on any atom is -0.458 e. The molecule has 0 atom stereocenters. The van der Waals surface area contributed by atoms with Crippen LogP contribution in [0.4, 0.5) is 0 Å². The zero-order valence-corrected chi connectivity index (χ0v) is 7.18. The summed E-state index contributed by atoms with van der Waals surface area (Å²) in [6.45, 7) is 0.855. The predicted molar refractivity (Wildman–Crippen MR) is 50.0 cm³/mol. The van der Waals surface area contributed by atoms with Gasteiger partial charge in [0.2, 0.25) is 0 Å². The van der Waals surface area contributed by atoms with Crippen molar-refractivity contribution in [2.75, 3.05) is 0 Å². The summed E-state index contributed by atoms with van der Waals surface area (Å²) in [6, 6.07) is 10.3. The van der Waals surface area contributed by atoms with Crippen molar-refractivity contribution in [2.45, 2.75) is 6.54 Å². The first-order chi connectivity index (χ1) is 6.45. The fourth-order valence-electron chi connectivity index (χ4n) is 1.18. The fourth-order valence-corrected chi connectivity index (χ4v) is 1.18. The molecule has 13 heavy (non-hydrogen) atoms. The van der Waals surface area contributed by atoms with Crippen LogP contribution in [0.5, 0.6) is 0 Å². The van der Waals surface area contributed by atoms with Gasteiger partial charge in [0.25, 0.3) is 0 Å². The molecule has 0 saturated carbocycles. The van der Waals surface area contributed by atoms with E-state index in [0.29, 0.717) is 0 Å². The van der Waals surface area contributed by atoms with Gasteiger partial charge in [-0.05, 0) is 5.56 Å². The molecule has 0 amide bonds. The van der Waals surface area contributed by atoms with Gasteiger partial charge in [0.1, 0.15) is 6.26 Å². The molecule has 0 saturated heterocycles. The van der Waals surface area contributed by atoms with E-state index in [2.05, 4.69) is 18.4 Å². The van der Waals surface area contributed by atoms with Crippen molar-refractivity contribution in [3.05, 3.63) is 60.8 Å².